The van der Waals surface area contributed by atoms with Gasteiger partial charge in [0.05, 0.1) is 26.5 Å². The number of carbonyl (C=O) groups is 3. The number of fused-ring (bicyclic) bond motifs is 1. The number of ether oxygens (including phenoxy) is 1. The summed E-state index contributed by atoms with van der Waals surface area (Å²) < 4.78 is 31.0. The molecule has 50 heavy (non-hydrogen) atoms. The molecular weight excluding hydrogens is 657 g/mol. The van der Waals surface area contributed by atoms with Gasteiger partial charge in [0.1, 0.15) is 11.8 Å². The largest absolute Gasteiger partial charge is 0.497 e. The Balaban J connectivity index is 1.40. The molecule has 4 amide bonds. The van der Waals surface area contributed by atoms with E-state index < -0.39 is 28.0 Å². The third-order valence-corrected chi connectivity index (χ3v) is 8.86. The van der Waals surface area contributed by atoms with Crippen molar-refractivity contribution in [2.24, 2.45) is 0 Å². The number of sulfonamides is 1. The molecule has 3 N–H and O–H groups in total. The van der Waals surface area contributed by atoms with Crippen LogP contribution in [0.25, 0.3) is 10.8 Å². The van der Waals surface area contributed by atoms with Crippen molar-refractivity contribution in [3.8, 4) is 18.1 Å². The van der Waals surface area contributed by atoms with Crippen LogP contribution in [-0.2, 0) is 39.1 Å². The number of nitrogens with zero attached hydrogens (tertiary/aromatic N) is 3. The normalized spacial score (nSPS) is 15.6. The highest BCUT2D eigenvalue weighted by Gasteiger charge is 2.32. The second-order valence-electron chi connectivity index (χ2n) is 12.0. The summed E-state index contributed by atoms with van der Waals surface area (Å²) in [4.78, 5) is 43.1. The first kappa shape index (κ1) is 35.7. The van der Waals surface area contributed by atoms with E-state index in [0.717, 1.165) is 33.7 Å². The molecule has 1 aliphatic rings. The smallest absolute Gasteiger partial charge is 0.333 e. The number of hydrazine groups is 1. The summed E-state index contributed by atoms with van der Waals surface area (Å²) in [5, 5.41) is 10.7. The summed E-state index contributed by atoms with van der Waals surface area (Å²) in [7, 11) is -1.89. The van der Waals surface area contributed by atoms with E-state index in [9.17, 15) is 22.8 Å². The third-order valence-electron chi connectivity index (χ3n) is 8.26. The van der Waals surface area contributed by atoms with E-state index in [2.05, 4.69) is 21.3 Å². The van der Waals surface area contributed by atoms with Gasteiger partial charge in [-0.05, 0) is 51.7 Å². The second kappa shape index (κ2) is 16.2. The van der Waals surface area contributed by atoms with E-state index in [1.165, 1.54) is 5.01 Å². The van der Waals surface area contributed by atoms with Crippen LogP contribution in [0.2, 0.25) is 0 Å². The molecule has 0 aliphatic carbocycles. The van der Waals surface area contributed by atoms with Crippen LogP contribution in [-0.4, -0.2) is 86.8 Å². The zero-order valence-electron chi connectivity index (χ0n) is 28.0. The van der Waals surface area contributed by atoms with Crippen LogP contribution in [0.3, 0.4) is 0 Å². The van der Waals surface area contributed by atoms with Crippen molar-refractivity contribution in [1.29, 1.82) is 0 Å². The average molecular weight is 697 g/mol. The van der Waals surface area contributed by atoms with Gasteiger partial charge >= 0.3 is 6.03 Å². The first-order valence-electron chi connectivity index (χ1n) is 16.0. The topological polar surface area (TPSA) is 140 Å². The molecule has 1 heterocycles. The van der Waals surface area contributed by atoms with E-state index in [1.807, 2.05) is 54.6 Å². The van der Waals surface area contributed by atoms with Crippen LogP contribution in [0.4, 0.5) is 10.5 Å². The molecule has 0 aromatic heterocycles. The lowest BCUT2D eigenvalue weighted by Gasteiger charge is -2.34. The second-order valence-corrected chi connectivity index (χ2v) is 13.7. The lowest BCUT2D eigenvalue weighted by Crippen LogP contribution is -2.55. The SMILES string of the molecule is C#CCN(C(=O)NCc1ccc(OC)cc1)N1CCN(Cc2cccc3ccccc23)C(=O)[C@H](Cc2ccc(NS(C)(=O)=O)cc2)NC(=O)C1. The molecular formula is C37H40N6O6S. The van der Waals surface area contributed by atoms with E-state index >= 15 is 0 Å². The van der Waals surface area contributed by atoms with Crippen LogP contribution in [0.1, 0.15) is 16.7 Å². The van der Waals surface area contributed by atoms with Gasteiger partial charge in [-0.25, -0.2) is 23.2 Å². The van der Waals surface area contributed by atoms with Gasteiger partial charge < -0.3 is 20.3 Å². The van der Waals surface area contributed by atoms with Crippen molar-refractivity contribution < 1.29 is 27.5 Å². The Hall–Kier alpha value is -5.58. The standard InChI is InChI=1S/C37H40N6O6S/c1-4-20-43(37(46)38-24-28-14-18-32(49-2)19-15-28)42-22-21-41(25-30-10-7-9-29-8-5-6-11-33(29)30)36(45)34(39-35(44)26-42)23-27-12-16-31(17-13-27)40-50(3,47)48/h1,5-19,34,40H,20-26H2,2-3H3,(H,38,46)(H,39,44)/t34-/m0/s1. The molecule has 4 aromatic rings. The van der Waals surface area contributed by atoms with Gasteiger partial charge in [0, 0.05) is 38.3 Å². The number of terminal acetylenes is 1. The molecule has 0 spiro atoms. The zero-order chi connectivity index (χ0) is 35.7. The van der Waals surface area contributed by atoms with Gasteiger partial charge in [0.15, 0.2) is 0 Å². The minimum atomic E-state index is -3.46. The van der Waals surface area contributed by atoms with Gasteiger partial charge in [-0.1, -0.05) is 72.7 Å². The summed E-state index contributed by atoms with van der Waals surface area (Å²) in [5.74, 6) is 2.46. The van der Waals surface area contributed by atoms with Crippen molar-refractivity contribution in [3.05, 3.63) is 108 Å². The number of amides is 4. The number of anilines is 1. The van der Waals surface area contributed by atoms with E-state index in [1.54, 1.807) is 53.4 Å². The third kappa shape index (κ3) is 9.52. The highest BCUT2D eigenvalue weighted by Crippen LogP contribution is 2.22. The van der Waals surface area contributed by atoms with Crippen molar-refractivity contribution in [2.45, 2.75) is 25.6 Å². The fourth-order valence-corrected chi connectivity index (χ4v) is 6.37. The summed E-state index contributed by atoms with van der Waals surface area (Å²) in [6.45, 7) is 0.501. The number of hydrogen-bond acceptors (Lipinski definition) is 7. The maximum atomic E-state index is 14.3. The lowest BCUT2D eigenvalue weighted by molar-refractivity contribution is -0.136. The average Bonchev–Trinajstić information content (AvgIpc) is 3.15. The molecule has 260 valence electrons. The maximum Gasteiger partial charge on any atom is 0.333 e. The minimum absolute atomic E-state index is 0.101. The Labute approximate surface area is 292 Å². The highest BCUT2D eigenvalue weighted by atomic mass is 32.2. The number of benzene rings is 4. The van der Waals surface area contributed by atoms with Gasteiger partial charge in [0.2, 0.25) is 21.8 Å². The van der Waals surface area contributed by atoms with Crippen LogP contribution in [0.15, 0.2) is 91.0 Å². The predicted octanol–water partition coefficient (Wildman–Crippen LogP) is 3.35. The predicted molar refractivity (Wildman–Crippen MR) is 192 cm³/mol. The minimum Gasteiger partial charge on any atom is -0.497 e. The molecule has 1 atom stereocenters. The summed E-state index contributed by atoms with van der Waals surface area (Å²) >= 11 is 0. The number of rotatable bonds is 11. The Morgan fingerprint density at radius 2 is 1.68 bits per heavy atom. The molecule has 13 heteroatoms. The van der Waals surface area contributed by atoms with Crippen LogP contribution in [0.5, 0.6) is 5.75 Å². The van der Waals surface area contributed by atoms with Gasteiger partial charge in [-0.2, -0.15) is 0 Å². The Morgan fingerprint density at radius 3 is 2.38 bits per heavy atom. The molecule has 0 unspecified atom stereocenters. The van der Waals surface area contributed by atoms with Crippen LogP contribution < -0.4 is 20.1 Å². The number of hydrogen-bond donors (Lipinski definition) is 3. The molecule has 4 aromatic carbocycles. The first-order valence-corrected chi connectivity index (χ1v) is 17.9. The highest BCUT2D eigenvalue weighted by molar-refractivity contribution is 7.92. The summed E-state index contributed by atoms with van der Waals surface area (Å²) in [6, 6.07) is 26.3. The number of methoxy groups -OCH3 is 1. The van der Waals surface area contributed by atoms with Gasteiger partial charge in [-0.15, -0.1) is 6.42 Å². The van der Waals surface area contributed by atoms with Gasteiger partial charge in [-0.3, -0.25) is 14.3 Å². The molecule has 0 bridgehead atoms. The fourth-order valence-electron chi connectivity index (χ4n) is 5.81. The monoisotopic (exact) mass is 696 g/mol. The molecule has 1 saturated heterocycles. The van der Waals surface area contributed by atoms with Crippen molar-refractivity contribution in [3.63, 3.8) is 0 Å². The zero-order valence-corrected chi connectivity index (χ0v) is 28.8. The van der Waals surface area contributed by atoms with Gasteiger partial charge in [0.25, 0.3) is 0 Å². The molecule has 1 aliphatic heterocycles. The molecule has 0 radical (unpaired) electrons. The Morgan fingerprint density at radius 1 is 0.980 bits per heavy atom. The number of carbonyl (C=O) groups excluding carboxylic acids is 3. The van der Waals surface area contributed by atoms with Crippen molar-refractivity contribution in [1.82, 2.24) is 25.6 Å². The lowest BCUT2D eigenvalue weighted by atomic mass is 10.0. The van der Waals surface area contributed by atoms with E-state index in [-0.39, 0.29) is 51.6 Å². The van der Waals surface area contributed by atoms with Crippen LogP contribution >= 0.6 is 0 Å². The van der Waals surface area contributed by atoms with Crippen molar-refractivity contribution >= 4 is 44.3 Å². The summed E-state index contributed by atoms with van der Waals surface area (Å²) in [6.07, 6.45) is 6.91. The first-order chi connectivity index (χ1) is 24.0. The molecule has 12 nitrogen and oxygen atoms in total. The number of nitrogens with one attached hydrogen (secondary N) is 3. The van der Waals surface area contributed by atoms with Crippen LogP contribution in [0, 0.1) is 12.3 Å². The van der Waals surface area contributed by atoms with Crippen molar-refractivity contribution in [2.75, 3.05) is 44.3 Å². The fraction of sp³-hybridized carbons (Fsp3) is 0.270. The maximum absolute atomic E-state index is 14.3. The van der Waals surface area contributed by atoms with E-state index in [4.69, 9.17) is 11.2 Å². The summed E-state index contributed by atoms with van der Waals surface area (Å²) in [5.41, 5.74) is 2.88. The number of urea groups is 1. The molecule has 0 saturated carbocycles. The quantitative estimate of drug-likeness (QED) is 0.205. The van der Waals surface area contributed by atoms with E-state index in [0.29, 0.717) is 11.4 Å². The Kier molecular flexibility index (Phi) is 11.6. The Bertz CT molecular complexity index is 1970. The molecule has 5 rings (SSSR count). The molecule has 1 fully saturated rings.